The van der Waals surface area contributed by atoms with E-state index in [0.29, 0.717) is 0 Å². The van der Waals surface area contributed by atoms with E-state index in [4.69, 9.17) is 4.74 Å². The Balaban J connectivity index is 2.37. The highest BCUT2D eigenvalue weighted by molar-refractivity contribution is 5.33. The van der Waals surface area contributed by atoms with Crippen LogP contribution in [0.5, 0.6) is 5.88 Å². The van der Waals surface area contributed by atoms with Gasteiger partial charge in [-0.05, 0) is 34.2 Å². The molecule has 0 radical (unpaired) electrons. The van der Waals surface area contributed by atoms with E-state index in [0.717, 1.165) is 36.9 Å². The topological polar surface area (TPSA) is 38.3 Å². The fraction of sp³-hybridized carbons (Fsp3) is 0.667. The molecule has 16 heavy (non-hydrogen) atoms. The first kappa shape index (κ1) is 11.3. The van der Waals surface area contributed by atoms with Gasteiger partial charge in [-0.1, -0.05) is 0 Å². The van der Waals surface area contributed by atoms with Crippen molar-refractivity contribution in [1.29, 1.82) is 0 Å². The molecule has 4 heteroatoms. The Morgan fingerprint density at radius 2 is 2.06 bits per heavy atom. The third-order valence-electron chi connectivity index (χ3n) is 2.68. The molecule has 4 nitrogen and oxygen atoms in total. The standard InChI is InChI=1S/C12H19N3O/c1-8(2)16-12-10-5-6-15(4)7-11(10)13-9(3)14-12/h8H,5-7H2,1-4H3. The zero-order valence-corrected chi connectivity index (χ0v) is 10.4. The largest absolute Gasteiger partial charge is 0.475 e. The highest BCUT2D eigenvalue weighted by atomic mass is 16.5. The van der Waals surface area contributed by atoms with Gasteiger partial charge in [-0.2, -0.15) is 4.98 Å². The summed E-state index contributed by atoms with van der Waals surface area (Å²) in [7, 11) is 2.11. The lowest BCUT2D eigenvalue weighted by molar-refractivity contribution is 0.222. The normalized spacial score (nSPS) is 16.3. The first-order chi connectivity index (χ1) is 7.56. The summed E-state index contributed by atoms with van der Waals surface area (Å²) in [5.41, 5.74) is 2.31. The van der Waals surface area contributed by atoms with E-state index < -0.39 is 0 Å². The molecule has 1 aromatic heterocycles. The second-order valence-corrected chi connectivity index (χ2v) is 4.66. The molecule has 0 saturated heterocycles. The SMILES string of the molecule is Cc1nc2c(c(OC(C)C)n1)CCN(C)C2. The first-order valence-electron chi connectivity index (χ1n) is 5.78. The second-order valence-electron chi connectivity index (χ2n) is 4.66. The molecule has 0 N–H and O–H groups in total. The summed E-state index contributed by atoms with van der Waals surface area (Å²) >= 11 is 0. The third kappa shape index (κ3) is 2.32. The summed E-state index contributed by atoms with van der Waals surface area (Å²) in [6.45, 7) is 7.92. The average Bonchev–Trinajstić information content (AvgIpc) is 2.15. The van der Waals surface area contributed by atoms with E-state index >= 15 is 0 Å². The average molecular weight is 221 g/mol. The van der Waals surface area contributed by atoms with Crippen LogP contribution in [-0.4, -0.2) is 34.6 Å². The summed E-state index contributed by atoms with van der Waals surface area (Å²) < 4.78 is 5.76. The number of aryl methyl sites for hydroxylation is 1. The number of fused-ring (bicyclic) bond motifs is 1. The Morgan fingerprint density at radius 1 is 1.31 bits per heavy atom. The van der Waals surface area contributed by atoms with Crippen molar-refractivity contribution in [1.82, 2.24) is 14.9 Å². The van der Waals surface area contributed by atoms with Crippen LogP contribution in [0.25, 0.3) is 0 Å². The molecular formula is C12H19N3O. The molecule has 0 unspecified atom stereocenters. The number of ether oxygens (including phenoxy) is 1. The zero-order chi connectivity index (χ0) is 11.7. The van der Waals surface area contributed by atoms with Crippen molar-refractivity contribution < 1.29 is 4.74 Å². The van der Waals surface area contributed by atoms with Crippen LogP contribution in [0.3, 0.4) is 0 Å². The lowest BCUT2D eigenvalue weighted by Gasteiger charge is -2.26. The van der Waals surface area contributed by atoms with Gasteiger partial charge < -0.3 is 9.64 Å². The number of hydrogen-bond acceptors (Lipinski definition) is 4. The number of hydrogen-bond donors (Lipinski definition) is 0. The Morgan fingerprint density at radius 3 is 2.75 bits per heavy atom. The van der Waals surface area contributed by atoms with Gasteiger partial charge >= 0.3 is 0 Å². The summed E-state index contributed by atoms with van der Waals surface area (Å²) in [6, 6.07) is 0. The maximum atomic E-state index is 5.76. The van der Waals surface area contributed by atoms with Gasteiger partial charge in [0.25, 0.3) is 0 Å². The summed E-state index contributed by atoms with van der Waals surface area (Å²) in [4.78, 5) is 11.2. The Bertz CT molecular complexity index is 390. The highest BCUT2D eigenvalue weighted by Gasteiger charge is 2.20. The van der Waals surface area contributed by atoms with Crippen LogP contribution in [-0.2, 0) is 13.0 Å². The number of nitrogens with zero attached hydrogens (tertiary/aromatic N) is 3. The molecule has 0 fully saturated rings. The first-order valence-corrected chi connectivity index (χ1v) is 5.78. The number of aromatic nitrogens is 2. The minimum atomic E-state index is 0.165. The van der Waals surface area contributed by atoms with Gasteiger partial charge in [0.1, 0.15) is 5.82 Å². The van der Waals surface area contributed by atoms with Crippen molar-refractivity contribution in [2.45, 2.75) is 39.8 Å². The van der Waals surface area contributed by atoms with Gasteiger partial charge in [-0.3, -0.25) is 0 Å². The Labute approximate surface area is 96.7 Å². The monoisotopic (exact) mass is 221 g/mol. The van der Waals surface area contributed by atoms with Gasteiger partial charge in [0.05, 0.1) is 11.8 Å². The van der Waals surface area contributed by atoms with E-state index in [1.54, 1.807) is 0 Å². The predicted molar refractivity (Wildman–Crippen MR) is 62.6 cm³/mol. The molecule has 1 aliphatic rings. The van der Waals surface area contributed by atoms with Crippen LogP contribution in [0.1, 0.15) is 30.9 Å². The molecule has 1 aliphatic heterocycles. The fourth-order valence-electron chi connectivity index (χ4n) is 1.97. The molecule has 2 rings (SSSR count). The van der Waals surface area contributed by atoms with Crippen molar-refractivity contribution in [2.24, 2.45) is 0 Å². The summed E-state index contributed by atoms with van der Waals surface area (Å²) in [5.74, 6) is 1.58. The minimum absolute atomic E-state index is 0.165. The van der Waals surface area contributed by atoms with Crippen molar-refractivity contribution in [3.05, 3.63) is 17.1 Å². The van der Waals surface area contributed by atoms with Gasteiger partial charge in [-0.25, -0.2) is 4.98 Å². The quantitative estimate of drug-likeness (QED) is 0.759. The molecule has 88 valence electrons. The highest BCUT2D eigenvalue weighted by Crippen LogP contribution is 2.25. The van der Waals surface area contributed by atoms with Crippen LogP contribution >= 0.6 is 0 Å². The van der Waals surface area contributed by atoms with Crippen molar-refractivity contribution >= 4 is 0 Å². The molecule has 0 aromatic carbocycles. The minimum Gasteiger partial charge on any atom is -0.475 e. The molecule has 0 saturated carbocycles. The Kier molecular flexibility index (Phi) is 3.10. The van der Waals surface area contributed by atoms with Gasteiger partial charge in [-0.15, -0.1) is 0 Å². The second kappa shape index (κ2) is 4.37. The smallest absolute Gasteiger partial charge is 0.220 e. The lowest BCUT2D eigenvalue weighted by Crippen LogP contribution is -2.29. The maximum Gasteiger partial charge on any atom is 0.220 e. The summed E-state index contributed by atoms with van der Waals surface area (Å²) in [5, 5.41) is 0. The molecule has 0 amide bonds. The molecule has 2 heterocycles. The van der Waals surface area contributed by atoms with E-state index in [-0.39, 0.29) is 6.10 Å². The number of rotatable bonds is 2. The van der Waals surface area contributed by atoms with Crippen LogP contribution in [0.15, 0.2) is 0 Å². The van der Waals surface area contributed by atoms with Crippen LogP contribution in [0.4, 0.5) is 0 Å². The molecular weight excluding hydrogens is 202 g/mol. The number of likely N-dealkylation sites (N-methyl/N-ethyl adjacent to an activating group) is 1. The summed E-state index contributed by atoms with van der Waals surface area (Å²) in [6.07, 6.45) is 1.15. The van der Waals surface area contributed by atoms with Gasteiger partial charge in [0, 0.05) is 18.7 Å². The van der Waals surface area contributed by atoms with E-state index in [1.807, 2.05) is 20.8 Å². The molecule has 0 aliphatic carbocycles. The third-order valence-corrected chi connectivity index (χ3v) is 2.68. The fourth-order valence-corrected chi connectivity index (χ4v) is 1.97. The van der Waals surface area contributed by atoms with E-state index in [2.05, 4.69) is 21.9 Å². The van der Waals surface area contributed by atoms with Crippen LogP contribution < -0.4 is 4.74 Å². The molecule has 0 bridgehead atoms. The van der Waals surface area contributed by atoms with Gasteiger partial charge in [0.15, 0.2) is 0 Å². The van der Waals surface area contributed by atoms with Gasteiger partial charge in [0.2, 0.25) is 5.88 Å². The van der Waals surface area contributed by atoms with Crippen molar-refractivity contribution in [3.63, 3.8) is 0 Å². The van der Waals surface area contributed by atoms with Crippen molar-refractivity contribution in [2.75, 3.05) is 13.6 Å². The van der Waals surface area contributed by atoms with E-state index in [9.17, 15) is 0 Å². The zero-order valence-electron chi connectivity index (χ0n) is 10.4. The maximum absolute atomic E-state index is 5.76. The lowest BCUT2D eigenvalue weighted by atomic mass is 10.1. The predicted octanol–water partition coefficient (Wildman–Crippen LogP) is 1.56. The van der Waals surface area contributed by atoms with Crippen molar-refractivity contribution in [3.8, 4) is 5.88 Å². The van der Waals surface area contributed by atoms with Crippen LogP contribution in [0.2, 0.25) is 0 Å². The molecule has 0 atom stereocenters. The molecule has 0 spiro atoms. The Hall–Kier alpha value is -1.16. The molecule has 1 aromatic rings. The van der Waals surface area contributed by atoms with Crippen LogP contribution in [0, 0.1) is 6.92 Å². The van der Waals surface area contributed by atoms with E-state index in [1.165, 1.54) is 5.56 Å².